The average Bonchev–Trinajstić information content (AvgIpc) is 2.96. The molecule has 1 heterocycles. The summed E-state index contributed by atoms with van der Waals surface area (Å²) >= 11 is 1.61. The Morgan fingerprint density at radius 3 is 3.00 bits per heavy atom. The molecular weight excluding hydrogens is 288 g/mol. The Morgan fingerprint density at radius 2 is 2.29 bits per heavy atom. The third-order valence-corrected chi connectivity index (χ3v) is 4.33. The van der Waals surface area contributed by atoms with Crippen molar-refractivity contribution in [2.45, 2.75) is 26.0 Å². The number of nitrogens with one attached hydrogen (secondary N) is 1. The van der Waals surface area contributed by atoms with Gasteiger partial charge in [-0.25, -0.2) is 0 Å². The van der Waals surface area contributed by atoms with Crippen LogP contribution in [0.3, 0.4) is 0 Å². The molecule has 1 aromatic carbocycles. The fraction of sp³-hybridized carbons (Fsp3) is 0.467. The second-order valence-corrected chi connectivity index (χ2v) is 5.86. The van der Waals surface area contributed by atoms with Crippen molar-refractivity contribution in [3.05, 3.63) is 29.8 Å². The lowest BCUT2D eigenvalue weighted by molar-refractivity contribution is -0.135. The highest BCUT2D eigenvalue weighted by Crippen LogP contribution is 2.23. The fourth-order valence-corrected chi connectivity index (χ4v) is 3.42. The lowest BCUT2D eigenvalue weighted by atomic mass is 10.2. The standard InChI is InChI=1S/C15H20N2O3S/c1-3-14(18)17-10-21-9-13(17)15(19)16-12-6-4-5-11(7-12)8-20-2/h4-7,13H,3,8-10H2,1-2H3,(H,16,19)/t13-/m0/s1. The first-order valence-corrected chi connectivity index (χ1v) is 8.07. The number of ether oxygens (including phenoxy) is 1. The number of thioether (sulfide) groups is 1. The molecule has 1 N–H and O–H groups in total. The molecule has 114 valence electrons. The zero-order chi connectivity index (χ0) is 15.2. The molecule has 5 nitrogen and oxygen atoms in total. The molecule has 0 saturated carbocycles. The van der Waals surface area contributed by atoms with Crippen molar-refractivity contribution in [2.24, 2.45) is 0 Å². The zero-order valence-corrected chi connectivity index (χ0v) is 13.1. The first kappa shape index (κ1) is 15.9. The Labute approximate surface area is 129 Å². The molecule has 1 aliphatic rings. The molecule has 1 atom stereocenters. The molecule has 21 heavy (non-hydrogen) atoms. The second kappa shape index (κ2) is 7.47. The third-order valence-electron chi connectivity index (χ3n) is 3.31. The minimum absolute atomic E-state index is 0.0216. The molecule has 1 saturated heterocycles. The topological polar surface area (TPSA) is 58.6 Å². The van der Waals surface area contributed by atoms with Crippen molar-refractivity contribution in [1.29, 1.82) is 0 Å². The average molecular weight is 308 g/mol. The molecule has 6 heteroatoms. The van der Waals surface area contributed by atoms with Crippen molar-refractivity contribution in [3.8, 4) is 0 Å². The van der Waals surface area contributed by atoms with Crippen LogP contribution >= 0.6 is 11.8 Å². The summed E-state index contributed by atoms with van der Waals surface area (Å²) in [6, 6.07) is 7.16. The molecule has 1 aliphatic heterocycles. The van der Waals surface area contributed by atoms with E-state index in [1.54, 1.807) is 23.8 Å². The summed E-state index contributed by atoms with van der Waals surface area (Å²) in [5.74, 6) is 1.13. The molecule has 0 spiro atoms. The van der Waals surface area contributed by atoms with Gasteiger partial charge in [0.25, 0.3) is 0 Å². The monoisotopic (exact) mass is 308 g/mol. The Kier molecular flexibility index (Phi) is 5.64. The Bertz CT molecular complexity index is 521. The molecular formula is C15H20N2O3S. The minimum atomic E-state index is -0.381. The molecule has 2 amide bonds. The van der Waals surface area contributed by atoms with E-state index in [4.69, 9.17) is 4.74 Å². The first-order chi connectivity index (χ1) is 10.2. The van der Waals surface area contributed by atoms with Crippen LogP contribution in [0.5, 0.6) is 0 Å². The number of amides is 2. The molecule has 1 aromatic rings. The van der Waals surface area contributed by atoms with E-state index >= 15 is 0 Å². The molecule has 0 bridgehead atoms. The highest BCUT2D eigenvalue weighted by molar-refractivity contribution is 7.99. The summed E-state index contributed by atoms with van der Waals surface area (Å²) < 4.78 is 5.08. The van der Waals surface area contributed by atoms with Gasteiger partial charge in [-0.1, -0.05) is 19.1 Å². The quantitative estimate of drug-likeness (QED) is 0.905. The van der Waals surface area contributed by atoms with E-state index in [9.17, 15) is 9.59 Å². The number of anilines is 1. The molecule has 2 rings (SSSR count). The van der Waals surface area contributed by atoms with Gasteiger partial charge < -0.3 is 15.0 Å². The normalized spacial score (nSPS) is 17.8. The second-order valence-electron chi connectivity index (χ2n) is 4.86. The largest absolute Gasteiger partial charge is 0.380 e. The smallest absolute Gasteiger partial charge is 0.248 e. The third kappa shape index (κ3) is 3.98. The van der Waals surface area contributed by atoms with Gasteiger partial charge in [-0.05, 0) is 17.7 Å². The number of carbonyl (C=O) groups excluding carboxylic acids is 2. The molecule has 0 aliphatic carbocycles. The molecule has 1 fully saturated rings. The summed E-state index contributed by atoms with van der Waals surface area (Å²) in [6.07, 6.45) is 0.424. The molecule has 0 unspecified atom stereocenters. The van der Waals surface area contributed by atoms with Crippen LogP contribution in [-0.4, -0.2) is 41.5 Å². The number of rotatable bonds is 5. The van der Waals surface area contributed by atoms with E-state index in [0.717, 1.165) is 11.3 Å². The zero-order valence-electron chi connectivity index (χ0n) is 12.3. The highest BCUT2D eigenvalue weighted by Gasteiger charge is 2.33. The van der Waals surface area contributed by atoms with Crippen LogP contribution in [0, 0.1) is 0 Å². The highest BCUT2D eigenvalue weighted by atomic mass is 32.2. The SMILES string of the molecule is CCC(=O)N1CSC[C@H]1C(=O)Nc1cccc(COC)c1. The van der Waals surface area contributed by atoms with E-state index < -0.39 is 0 Å². The van der Waals surface area contributed by atoms with Gasteiger partial charge in [-0.15, -0.1) is 11.8 Å². The van der Waals surface area contributed by atoms with Crippen LogP contribution in [-0.2, 0) is 20.9 Å². The lowest BCUT2D eigenvalue weighted by Crippen LogP contribution is -2.44. The Morgan fingerprint density at radius 1 is 1.48 bits per heavy atom. The Balaban J connectivity index is 2.03. The van der Waals surface area contributed by atoms with E-state index in [0.29, 0.717) is 24.7 Å². The van der Waals surface area contributed by atoms with E-state index in [1.807, 2.05) is 31.2 Å². The maximum absolute atomic E-state index is 12.4. The lowest BCUT2D eigenvalue weighted by Gasteiger charge is -2.22. The molecule has 0 aromatic heterocycles. The number of hydrogen-bond acceptors (Lipinski definition) is 4. The van der Waals surface area contributed by atoms with E-state index in [-0.39, 0.29) is 17.9 Å². The van der Waals surface area contributed by atoms with Gasteiger partial charge in [-0.3, -0.25) is 9.59 Å². The number of nitrogens with zero attached hydrogens (tertiary/aromatic N) is 1. The Hall–Kier alpha value is -1.53. The predicted molar refractivity (Wildman–Crippen MR) is 84.0 cm³/mol. The molecule has 0 radical (unpaired) electrons. The van der Waals surface area contributed by atoms with Crippen molar-refractivity contribution >= 4 is 29.3 Å². The van der Waals surface area contributed by atoms with Crippen LogP contribution in [0.2, 0.25) is 0 Å². The van der Waals surface area contributed by atoms with Crippen molar-refractivity contribution in [2.75, 3.05) is 24.1 Å². The van der Waals surface area contributed by atoms with E-state index in [1.165, 1.54) is 0 Å². The summed E-state index contributed by atoms with van der Waals surface area (Å²) in [5, 5.41) is 2.89. The van der Waals surface area contributed by atoms with Crippen LogP contribution < -0.4 is 5.32 Å². The van der Waals surface area contributed by atoms with Crippen LogP contribution in [0.4, 0.5) is 5.69 Å². The number of carbonyl (C=O) groups is 2. The van der Waals surface area contributed by atoms with Crippen molar-refractivity contribution in [1.82, 2.24) is 4.90 Å². The summed E-state index contributed by atoms with van der Waals surface area (Å²) in [6.45, 7) is 2.32. The fourth-order valence-electron chi connectivity index (χ4n) is 2.24. The van der Waals surface area contributed by atoms with Crippen LogP contribution in [0.1, 0.15) is 18.9 Å². The minimum Gasteiger partial charge on any atom is -0.380 e. The maximum atomic E-state index is 12.4. The van der Waals surface area contributed by atoms with Crippen LogP contribution in [0.25, 0.3) is 0 Å². The summed E-state index contributed by atoms with van der Waals surface area (Å²) in [5.41, 5.74) is 1.73. The van der Waals surface area contributed by atoms with Crippen molar-refractivity contribution < 1.29 is 14.3 Å². The van der Waals surface area contributed by atoms with Gasteiger partial charge in [0.05, 0.1) is 12.5 Å². The van der Waals surface area contributed by atoms with Gasteiger partial charge in [0.2, 0.25) is 11.8 Å². The number of methoxy groups -OCH3 is 1. The predicted octanol–water partition coefficient (Wildman–Crippen LogP) is 2.08. The van der Waals surface area contributed by atoms with Gasteiger partial charge >= 0.3 is 0 Å². The van der Waals surface area contributed by atoms with Crippen molar-refractivity contribution in [3.63, 3.8) is 0 Å². The summed E-state index contributed by atoms with van der Waals surface area (Å²) in [7, 11) is 1.63. The van der Waals surface area contributed by atoms with Gasteiger partial charge in [0, 0.05) is 25.0 Å². The maximum Gasteiger partial charge on any atom is 0.248 e. The van der Waals surface area contributed by atoms with E-state index in [2.05, 4.69) is 5.32 Å². The van der Waals surface area contributed by atoms with Gasteiger partial charge in [-0.2, -0.15) is 0 Å². The first-order valence-electron chi connectivity index (χ1n) is 6.91. The van der Waals surface area contributed by atoms with Gasteiger partial charge in [0.1, 0.15) is 6.04 Å². The number of hydrogen-bond donors (Lipinski definition) is 1. The van der Waals surface area contributed by atoms with Gasteiger partial charge in [0.15, 0.2) is 0 Å². The number of benzene rings is 1. The van der Waals surface area contributed by atoms with Crippen LogP contribution in [0.15, 0.2) is 24.3 Å². The summed E-state index contributed by atoms with van der Waals surface area (Å²) in [4.78, 5) is 25.9.